The Bertz CT molecular complexity index is 476. The molecule has 3 nitrogen and oxygen atoms in total. The molecule has 0 atom stereocenters. The molecule has 20 heavy (non-hydrogen) atoms. The molecule has 1 aromatic carbocycles. The van der Waals surface area contributed by atoms with E-state index >= 15 is 0 Å². The predicted molar refractivity (Wildman–Crippen MR) is 69.5 cm³/mol. The molecule has 0 aliphatic carbocycles. The third-order valence-electron chi connectivity index (χ3n) is 3.61. The van der Waals surface area contributed by atoms with Crippen LogP contribution in [-0.4, -0.2) is 31.2 Å². The number of hydrogen-bond acceptors (Lipinski definition) is 3. The Labute approximate surface area is 116 Å². The summed E-state index contributed by atoms with van der Waals surface area (Å²) in [5, 5.41) is 0. The minimum atomic E-state index is -0.959. The maximum atomic E-state index is 13.6. The number of rotatable bonds is 5. The van der Waals surface area contributed by atoms with Crippen LogP contribution in [0.3, 0.4) is 0 Å². The van der Waals surface area contributed by atoms with Crippen molar-refractivity contribution in [2.24, 2.45) is 0 Å². The normalized spacial score (nSPS) is 17.9. The second-order valence-corrected chi connectivity index (χ2v) is 4.85. The third kappa shape index (κ3) is 3.04. The fourth-order valence-corrected chi connectivity index (χ4v) is 2.50. The molecule has 1 aliphatic heterocycles. The second kappa shape index (κ2) is 6.41. The lowest BCUT2D eigenvalue weighted by Gasteiger charge is -2.35. The van der Waals surface area contributed by atoms with Crippen molar-refractivity contribution in [2.75, 3.05) is 19.8 Å². The van der Waals surface area contributed by atoms with Crippen molar-refractivity contribution in [1.82, 2.24) is 0 Å². The number of benzene rings is 1. The minimum Gasteiger partial charge on any atom is -0.381 e. The van der Waals surface area contributed by atoms with E-state index in [4.69, 9.17) is 9.47 Å². The second-order valence-electron chi connectivity index (χ2n) is 4.85. The summed E-state index contributed by atoms with van der Waals surface area (Å²) in [5.41, 5.74) is -0.855. The quantitative estimate of drug-likeness (QED) is 0.834. The highest BCUT2D eigenvalue weighted by Gasteiger charge is 2.40. The van der Waals surface area contributed by atoms with Gasteiger partial charge >= 0.3 is 0 Å². The van der Waals surface area contributed by atoms with Crippen LogP contribution in [0.15, 0.2) is 18.2 Å². The zero-order chi connectivity index (χ0) is 14.6. The zero-order valence-electron chi connectivity index (χ0n) is 11.5. The van der Waals surface area contributed by atoms with E-state index in [1.54, 1.807) is 0 Å². The number of hydrogen-bond donors (Lipinski definition) is 0. The Morgan fingerprint density at radius 2 is 2.05 bits per heavy atom. The highest BCUT2D eigenvalue weighted by molar-refractivity contribution is 5.89. The first-order valence-electron chi connectivity index (χ1n) is 6.77. The Balaban J connectivity index is 2.18. The summed E-state index contributed by atoms with van der Waals surface area (Å²) in [5.74, 6) is -2.11. The number of Topliss-reactive ketones (excluding diaryl/α,β-unsaturated/α-hetero) is 1. The molecule has 1 fully saturated rings. The Kier molecular flexibility index (Phi) is 4.83. The number of carbonyl (C=O) groups is 1. The molecule has 0 saturated carbocycles. The van der Waals surface area contributed by atoms with Gasteiger partial charge in [-0.25, -0.2) is 8.78 Å². The van der Waals surface area contributed by atoms with Crippen molar-refractivity contribution in [3.8, 4) is 0 Å². The Morgan fingerprint density at radius 1 is 1.35 bits per heavy atom. The molecule has 5 heteroatoms. The lowest BCUT2D eigenvalue weighted by molar-refractivity contribution is -0.156. The van der Waals surface area contributed by atoms with Gasteiger partial charge in [-0.1, -0.05) is 12.1 Å². The van der Waals surface area contributed by atoms with Crippen LogP contribution < -0.4 is 0 Å². The van der Waals surface area contributed by atoms with Crippen molar-refractivity contribution in [2.45, 2.75) is 31.8 Å². The third-order valence-corrected chi connectivity index (χ3v) is 3.61. The SMILES string of the molecule is CCOC1(C(=O)Cc2cccc(F)c2F)CCOCC1. The van der Waals surface area contributed by atoms with Gasteiger partial charge in [0.15, 0.2) is 17.4 Å². The predicted octanol–water partition coefficient (Wildman–Crippen LogP) is 2.66. The van der Waals surface area contributed by atoms with Crippen LogP contribution in [0.1, 0.15) is 25.3 Å². The van der Waals surface area contributed by atoms with Crippen molar-refractivity contribution in [3.63, 3.8) is 0 Å². The maximum absolute atomic E-state index is 13.6. The number of ketones is 1. The highest BCUT2D eigenvalue weighted by atomic mass is 19.2. The van der Waals surface area contributed by atoms with Crippen LogP contribution >= 0.6 is 0 Å². The van der Waals surface area contributed by atoms with Gasteiger partial charge in [-0.05, 0) is 18.6 Å². The van der Waals surface area contributed by atoms with Gasteiger partial charge < -0.3 is 9.47 Å². The molecule has 0 aromatic heterocycles. The van der Waals surface area contributed by atoms with Crippen LogP contribution in [0.4, 0.5) is 8.78 Å². The molecule has 110 valence electrons. The molecule has 0 bridgehead atoms. The van der Waals surface area contributed by atoms with E-state index in [2.05, 4.69) is 0 Å². The highest BCUT2D eigenvalue weighted by Crippen LogP contribution is 2.28. The van der Waals surface area contributed by atoms with Crippen LogP contribution in [0.2, 0.25) is 0 Å². The molecule has 1 heterocycles. The van der Waals surface area contributed by atoms with Crippen molar-refractivity contribution >= 4 is 5.78 Å². The summed E-state index contributed by atoms with van der Waals surface area (Å²) in [7, 11) is 0. The lowest BCUT2D eigenvalue weighted by Crippen LogP contribution is -2.47. The minimum absolute atomic E-state index is 0.0700. The molecule has 0 radical (unpaired) electrons. The first-order valence-corrected chi connectivity index (χ1v) is 6.77. The van der Waals surface area contributed by atoms with Gasteiger partial charge in [-0.3, -0.25) is 4.79 Å². The largest absolute Gasteiger partial charge is 0.381 e. The van der Waals surface area contributed by atoms with Crippen LogP contribution in [0, 0.1) is 11.6 Å². The van der Waals surface area contributed by atoms with Gasteiger partial charge in [-0.15, -0.1) is 0 Å². The number of carbonyl (C=O) groups excluding carboxylic acids is 1. The average Bonchev–Trinajstić information content (AvgIpc) is 2.45. The van der Waals surface area contributed by atoms with Gasteiger partial charge in [0.25, 0.3) is 0 Å². The van der Waals surface area contributed by atoms with Gasteiger partial charge in [0.1, 0.15) is 5.60 Å². The standard InChI is InChI=1S/C15H18F2O3/c1-2-20-15(6-8-19-9-7-15)13(18)10-11-4-3-5-12(16)14(11)17/h3-5H,2,6-10H2,1H3. The summed E-state index contributed by atoms with van der Waals surface area (Å²) in [6.45, 7) is 3.10. The van der Waals surface area contributed by atoms with E-state index in [0.717, 1.165) is 6.07 Å². The van der Waals surface area contributed by atoms with E-state index < -0.39 is 17.2 Å². The summed E-state index contributed by atoms with van der Waals surface area (Å²) in [4.78, 5) is 12.5. The van der Waals surface area contributed by atoms with E-state index in [1.807, 2.05) is 6.92 Å². The smallest absolute Gasteiger partial charge is 0.169 e. The fraction of sp³-hybridized carbons (Fsp3) is 0.533. The summed E-state index contributed by atoms with van der Waals surface area (Å²) in [6, 6.07) is 3.86. The van der Waals surface area contributed by atoms with Gasteiger partial charge in [0.2, 0.25) is 0 Å². The van der Waals surface area contributed by atoms with Gasteiger partial charge in [0.05, 0.1) is 0 Å². The monoisotopic (exact) mass is 284 g/mol. The van der Waals surface area contributed by atoms with Gasteiger partial charge in [-0.2, -0.15) is 0 Å². The van der Waals surface area contributed by atoms with Gasteiger partial charge in [0, 0.05) is 39.1 Å². The number of halogens is 2. The molecular weight excluding hydrogens is 266 g/mol. The Hall–Kier alpha value is -1.33. The van der Waals surface area contributed by atoms with E-state index in [1.165, 1.54) is 12.1 Å². The summed E-state index contributed by atoms with van der Waals surface area (Å²) in [6.07, 6.45) is 0.747. The molecule has 0 spiro atoms. The van der Waals surface area contributed by atoms with Crippen molar-refractivity contribution < 1.29 is 23.0 Å². The lowest BCUT2D eigenvalue weighted by atomic mass is 9.86. The van der Waals surface area contributed by atoms with E-state index in [-0.39, 0.29) is 17.8 Å². The molecule has 2 rings (SSSR count). The zero-order valence-corrected chi connectivity index (χ0v) is 11.5. The maximum Gasteiger partial charge on any atom is 0.169 e. The first-order chi connectivity index (χ1) is 9.59. The van der Waals surface area contributed by atoms with Crippen molar-refractivity contribution in [3.05, 3.63) is 35.4 Å². The molecule has 0 N–H and O–H groups in total. The first kappa shape index (κ1) is 15.1. The van der Waals surface area contributed by atoms with E-state index in [0.29, 0.717) is 32.7 Å². The Morgan fingerprint density at radius 3 is 2.70 bits per heavy atom. The van der Waals surface area contributed by atoms with Crippen LogP contribution in [0.25, 0.3) is 0 Å². The molecule has 1 saturated heterocycles. The van der Waals surface area contributed by atoms with Crippen LogP contribution in [0.5, 0.6) is 0 Å². The van der Waals surface area contributed by atoms with Crippen LogP contribution in [-0.2, 0) is 20.7 Å². The molecule has 0 amide bonds. The topological polar surface area (TPSA) is 35.5 Å². The van der Waals surface area contributed by atoms with Crippen molar-refractivity contribution in [1.29, 1.82) is 0 Å². The fourth-order valence-electron chi connectivity index (χ4n) is 2.50. The molecule has 1 aliphatic rings. The molecule has 1 aromatic rings. The summed E-state index contributed by atoms with van der Waals surface area (Å²) < 4.78 is 37.7. The average molecular weight is 284 g/mol. The molecular formula is C15H18F2O3. The number of ether oxygens (including phenoxy) is 2. The summed E-state index contributed by atoms with van der Waals surface area (Å²) >= 11 is 0. The van der Waals surface area contributed by atoms with E-state index in [9.17, 15) is 13.6 Å². The molecule has 0 unspecified atom stereocenters.